The van der Waals surface area contributed by atoms with Gasteiger partial charge >= 0.3 is 0 Å². The summed E-state index contributed by atoms with van der Waals surface area (Å²) in [5.74, 6) is 0.119. The van der Waals surface area contributed by atoms with Crippen LogP contribution in [0.15, 0.2) is 24.3 Å². The van der Waals surface area contributed by atoms with Gasteiger partial charge in [-0.1, -0.05) is 6.07 Å². The number of nitrogens with two attached hydrogens (primary N) is 1. The second-order valence-corrected chi connectivity index (χ2v) is 5.35. The fourth-order valence-electron chi connectivity index (χ4n) is 2.45. The second-order valence-electron chi connectivity index (χ2n) is 5.35. The van der Waals surface area contributed by atoms with Gasteiger partial charge in [0.15, 0.2) is 0 Å². The van der Waals surface area contributed by atoms with Crippen LogP contribution < -0.4 is 11.1 Å². The minimum Gasteiger partial charge on any atom is -0.328 e. The highest BCUT2D eigenvalue weighted by Gasteiger charge is 2.26. The second kappa shape index (κ2) is 6.12. The number of carbonyl (C=O) groups is 1. The van der Waals surface area contributed by atoms with Gasteiger partial charge in [0.05, 0.1) is 6.54 Å². The molecule has 19 heavy (non-hydrogen) atoms. The molecule has 1 aliphatic carbocycles. The number of benzene rings is 1. The Balaban J connectivity index is 1.74. The minimum atomic E-state index is -0.352. The van der Waals surface area contributed by atoms with Gasteiger partial charge in [-0.15, -0.1) is 0 Å². The number of hydrogen-bond donors (Lipinski definition) is 2. The van der Waals surface area contributed by atoms with Crippen LogP contribution in [0, 0.1) is 11.7 Å². The Hall–Kier alpha value is -1.46. The maximum atomic E-state index is 13.0. The molecule has 3 N–H and O–H groups in total. The van der Waals surface area contributed by atoms with Crippen molar-refractivity contribution in [2.45, 2.75) is 18.9 Å². The largest absolute Gasteiger partial charge is 0.328 e. The summed E-state index contributed by atoms with van der Waals surface area (Å²) >= 11 is 0. The molecule has 1 aliphatic rings. The lowest BCUT2D eigenvalue weighted by Gasteiger charge is -2.35. The Labute approximate surface area is 112 Å². The summed E-state index contributed by atoms with van der Waals surface area (Å²) in [5, 5.41) is 2.69. The topological polar surface area (TPSA) is 58.4 Å². The molecular formula is C14H20FN3O. The maximum Gasteiger partial charge on any atom is 0.238 e. The van der Waals surface area contributed by atoms with Crippen LogP contribution in [-0.2, 0) is 4.79 Å². The van der Waals surface area contributed by atoms with Crippen LogP contribution in [0.2, 0.25) is 0 Å². The molecular weight excluding hydrogens is 245 g/mol. The lowest BCUT2D eigenvalue weighted by molar-refractivity contribution is -0.117. The van der Waals surface area contributed by atoms with Crippen LogP contribution >= 0.6 is 0 Å². The van der Waals surface area contributed by atoms with Crippen molar-refractivity contribution in [2.24, 2.45) is 11.7 Å². The maximum absolute atomic E-state index is 13.0. The number of rotatable bonds is 5. The number of halogens is 1. The first kappa shape index (κ1) is 14.0. The molecule has 4 nitrogen and oxygen atoms in total. The van der Waals surface area contributed by atoms with E-state index in [1.165, 1.54) is 12.1 Å². The van der Waals surface area contributed by atoms with Gasteiger partial charge in [0.2, 0.25) is 5.91 Å². The predicted molar refractivity (Wildman–Crippen MR) is 73.2 cm³/mol. The number of nitrogens with zero attached hydrogens (tertiary/aromatic N) is 1. The fraction of sp³-hybridized carbons (Fsp3) is 0.500. The van der Waals surface area contributed by atoms with E-state index in [0.29, 0.717) is 24.2 Å². The molecule has 0 bridgehead atoms. The molecule has 1 fully saturated rings. The van der Waals surface area contributed by atoms with Crippen LogP contribution in [-0.4, -0.2) is 37.0 Å². The van der Waals surface area contributed by atoms with Gasteiger partial charge in [0, 0.05) is 18.3 Å². The van der Waals surface area contributed by atoms with Crippen molar-refractivity contribution >= 4 is 11.6 Å². The van der Waals surface area contributed by atoms with E-state index in [0.717, 1.165) is 19.4 Å². The van der Waals surface area contributed by atoms with Crippen molar-refractivity contribution in [2.75, 3.05) is 25.5 Å². The smallest absolute Gasteiger partial charge is 0.238 e. The number of likely N-dealkylation sites (N-methyl/N-ethyl adjacent to an activating group) is 1. The summed E-state index contributed by atoms with van der Waals surface area (Å²) in [6.07, 6.45) is 2.08. The van der Waals surface area contributed by atoms with Gasteiger partial charge in [-0.3, -0.25) is 9.69 Å². The minimum absolute atomic E-state index is 0.128. The van der Waals surface area contributed by atoms with Gasteiger partial charge in [0.25, 0.3) is 0 Å². The zero-order valence-electron chi connectivity index (χ0n) is 11.1. The monoisotopic (exact) mass is 265 g/mol. The summed E-state index contributed by atoms with van der Waals surface area (Å²) in [7, 11) is 1.91. The van der Waals surface area contributed by atoms with Crippen molar-refractivity contribution in [1.29, 1.82) is 0 Å². The number of hydrogen-bond acceptors (Lipinski definition) is 3. The van der Waals surface area contributed by atoms with Crippen LogP contribution in [0.1, 0.15) is 12.8 Å². The SMILES string of the molecule is CN(CC(=O)Nc1cccc(F)c1)CC1CC(N)C1. The van der Waals surface area contributed by atoms with Crippen molar-refractivity contribution in [3.8, 4) is 0 Å². The van der Waals surface area contributed by atoms with E-state index in [9.17, 15) is 9.18 Å². The lowest BCUT2D eigenvalue weighted by Crippen LogP contribution is -2.43. The highest BCUT2D eigenvalue weighted by Crippen LogP contribution is 2.25. The molecule has 5 heteroatoms. The van der Waals surface area contributed by atoms with Gasteiger partial charge in [-0.05, 0) is 44.0 Å². The van der Waals surface area contributed by atoms with Crippen LogP contribution in [0.3, 0.4) is 0 Å². The van der Waals surface area contributed by atoms with Crippen LogP contribution in [0.25, 0.3) is 0 Å². The lowest BCUT2D eigenvalue weighted by atomic mass is 9.81. The molecule has 1 aromatic carbocycles. The Kier molecular flexibility index (Phi) is 4.50. The molecule has 0 atom stereocenters. The molecule has 2 rings (SSSR count). The molecule has 0 radical (unpaired) electrons. The molecule has 0 heterocycles. The molecule has 104 valence electrons. The number of nitrogens with one attached hydrogen (secondary N) is 1. The Morgan fingerprint density at radius 1 is 1.53 bits per heavy atom. The fourth-order valence-corrected chi connectivity index (χ4v) is 2.45. The van der Waals surface area contributed by atoms with E-state index >= 15 is 0 Å². The van der Waals surface area contributed by atoms with Gasteiger partial charge in [-0.25, -0.2) is 4.39 Å². The molecule has 0 spiro atoms. The predicted octanol–water partition coefficient (Wildman–Crippen LogP) is 1.43. The molecule has 1 amide bonds. The first-order chi connectivity index (χ1) is 9.02. The molecule has 0 saturated heterocycles. The Morgan fingerprint density at radius 2 is 2.26 bits per heavy atom. The normalized spacial score (nSPS) is 22.1. The molecule has 1 saturated carbocycles. The highest BCUT2D eigenvalue weighted by molar-refractivity contribution is 5.92. The average molecular weight is 265 g/mol. The van der Waals surface area contributed by atoms with Gasteiger partial charge in [-0.2, -0.15) is 0 Å². The summed E-state index contributed by atoms with van der Waals surface area (Å²) in [4.78, 5) is 13.8. The van der Waals surface area contributed by atoms with Crippen molar-refractivity contribution in [1.82, 2.24) is 4.90 Å². The van der Waals surface area contributed by atoms with E-state index in [-0.39, 0.29) is 11.7 Å². The summed E-state index contributed by atoms with van der Waals surface area (Å²) in [6.45, 7) is 1.19. The third-order valence-electron chi connectivity index (χ3n) is 3.36. The summed E-state index contributed by atoms with van der Waals surface area (Å²) in [5.41, 5.74) is 6.22. The standard InChI is InChI=1S/C14H20FN3O/c1-18(8-10-5-12(16)6-10)9-14(19)17-13-4-2-3-11(15)7-13/h2-4,7,10,12H,5-6,8-9,16H2,1H3,(H,17,19). The quantitative estimate of drug-likeness (QED) is 0.847. The van der Waals surface area contributed by atoms with Crippen LogP contribution in [0.4, 0.5) is 10.1 Å². The van der Waals surface area contributed by atoms with E-state index < -0.39 is 0 Å². The number of anilines is 1. The number of carbonyl (C=O) groups excluding carboxylic acids is 1. The van der Waals surface area contributed by atoms with E-state index in [4.69, 9.17) is 5.73 Å². The first-order valence-corrected chi connectivity index (χ1v) is 6.52. The summed E-state index contributed by atoms with van der Waals surface area (Å²) in [6, 6.07) is 6.24. The van der Waals surface area contributed by atoms with Gasteiger partial charge < -0.3 is 11.1 Å². The van der Waals surface area contributed by atoms with E-state index in [2.05, 4.69) is 5.32 Å². The molecule has 0 aliphatic heterocycles. The zero-order valence-corrected chi connectivity index (χ0v) is 11.1. The third kappa shape index (κ3) is 4.29. The number of amides is 1. The van der Waals surface area contributed by atoms with E-state index in [1.807, 2.05) is 11.9 Å². The zero-order chi connectivity index (χ0) is 13.8. The Morgan fingerprint density at radius 3 is 2.89 bits per heavy atom. The molecule has 0 unspecified atom stereocenters. The Bertz CT molecular complexity index is 446. The van der Waals surface area contributed by atoms with Gasteiger partial charge in [0.1, 0.15) is 5.82 Å². The van der Waals surface area contributed by atoms with Crippen molar-refractivity contribution in [3.63, 3.8) is 0 Å². The van der Waals surface area contributed by atoms with Crippen molar-refractivity contribution in [3.05, 3.63) is 30.1 Å². The molecule has 1 aromatic rings. The average Bonchev–Trinajstić information content (AvgIpc) is 2.26. The molecule has 0 aromatic heterocycles. The van der Waals surface area contributed by atoms with Crippen LogP contribution in [0.5, 0.6) is 0 Å². The van der Waals surface area contributed by atoms with Crippen molar-refractivity contribution < 1.29 is 9.18 Å². The first-order valence-electron chi connectivity index (χ1n) is 6.52. The summed E-state index contributed by atoms with van der Waals surface area (Å²) < 4.78 is 13.0. The highest BCUT2D eigenvalue weighted by atomic mass is 19.1. The third-order valence-corrected chi connectivity index (χ3v) is 3.36. The van der Waals surface area contributed by atoms with E-state index in [1.54, 1.807) is 12.1 Å².